The maximum atomic E-state index is 15.7. The molecule has 37 heavy (non-hydrogen) atoms. The third-order valence-electron chi connectivity index (χ3n) is 7.52. The molecule has 0 amide bonds. The second kappa shape index (κ2) is 9.95. The fourth-order valence-electron chi connectivity index (χ4n) is 5.80. The first kappa shape index (κ1) is 26.0. The van der Waals surface area contributed by atoms with Crippen molar-refractivity contribution in [2.45, 2.75) is 70.8 Å². The van der Waals surface area contributed by atoms with Gasteiger partial charge in [0.2, 0.25) is 0 Å². The van der Waals surface area contributed by atoms with Crippen LogP contribution >= 0.6 is 0 Å². The van der Waals surface area contributed by atoms with Gasteiger partial charge in [0, 0.05) is 60.0 Å². The normalized spacial score (nSPS) is 21.3. The number of alkyl halides is 1. The van der Waals surface area contributed by atoms with Gasteiger partial charge in [-0.2, -0.15) is 0 Å². The Labute approximate surface area is 215 Å². The quantitative estimate of drug-likeness (QED) is 0.345. The first-order chi connectivity index (χ1) is 17.6. The number of fused-ring (bicyclic) bond motifs is 3. The van der Waals surface area contributed by atoms with Gasteiger partial charge < -0.3 is 9.72 Å². The average molecular weight is 518 g/mol. The maximum Gasteiger partial charge on any atom is 0.135 e. The highest BCUT2D eigenvalue weighted by Crippen LogP contribution is 2.44. The molecule has 2 aromatic carbocycles. The number of benzene rings is 2. The molecule has 1 fully saturated rings. The molecule has 1 aromatic heterocycles. The molecule has 3 aromatic rings. The second-order valence-corrected chi connectivity index (χ2v) is 11.2. The number of nitrogens with zero attached hydrogens (tertiary/aromatic N) is 2. The van der Waals surface area contributed by atoms with Crippen molar-refractivity contribution in [3.05, 3.63) is 64.6 Å². The van der Waals surface area contributed by atoms with Gasteiger partial charge in [-0.1, -0.05) is 19.4 Å². The van der Waals surface area contributed by atoms with Crippen LogP contribution in [0.3, 0.4) is 0 Å². The summed E-state index contributed by atoms with van der Waals surface area (Å²) in [5.41, 5.74) is -0.0548. The van der Waals surface area contributed by atoms with Gasteiger partial charge in [0.1, 0.15) is 35.0 Å². The van der Waals surface area contributed by atoms with E-state index >= 15 is 8.78 Å². The lowest BCUT2D eigenvalue weighted by Crippen LogP contribution is -2.53. The Kier molecular flexibility index (Phi) is 7.00. The second-order valence-electron chi connectivity index (χ2n) is 11.2. The molecule has 2 atom stereocenters. The van der Waals surface area contributed by atoms with Crippen LogP contribution in [0.5, 0.6) is 5.75 Å². The number of rotatable bonds is 8. The van der Waals surface area contributed by atoms with Crippen LogP contribution in [0.15, 0.2) is 30.3 Å². The summed E-state index contributed by atoms with van der Waals surface area (Å²) in [6, 6.07) is 5.94. The molecule has 5 rings (SSSR count). The molecule has 2 aliphatic rings. The molecule has 4 nitrogen and oxygen atoms in total. The number of hydrogen-bond acceptors (Lipinski definition) is 3. The minimum Gasteiger partial charge on any atom is -0.488 e. The summed E-state index contributed by atoms with van der Waals surface area (Å²) in [4.78, 5) is 7.24. The lowest BCUT2D eigenvalue weighted by atomic mass is 9.87. The maximum absolute atomic E-state index is 15.7. The van der Waals surface area contributed by atoms with Gasteiger partial charge in [-0.25, -0.2) is 17.6 Å². The largest absolute Gasteiger partial charge is 0.488 e. The molecule has 1 saturated heterocycles. The Morgan fingerprint density at radius 3 is 2.43 bits per heavy atom. The van der Waals surface area contributed by atoms with E-state index in [0.717, 1.165) is 32.5 Å². The van der Waals surface area contributed by atoms with E-state index in [9.17, 15) is 8.78 Å². The lowest BCUT2D eigenvalue weighted by molar-refractivity contribution is 0.0188. The zero-order valence-electron chi connectivity index (χ0n) is 21.9. The molecule has 0 saturated carbocycles. The van der Waals surface area contributed by atoms with E-state index in [-0.39, 0.29) is 30.0 Å². The van der Waals surface area contributed by atoms with Crippen LogP contribution in [0.1, 0.15) is 63.4 Å². The predicted octanol–water partition coefficient (Wildman–Crippen LogP) is 6.53. The van der Waals surface area contributed by atoms with Gasteiger partial charge in [-0.05, 0) is 57.9 Å². The highest BCUT2D eigenvalue weighted by atomic mass is 19.1. The van der Waals surface area contributed by atoms with Gasteiger partial charge in [0.15, 0.2) is 0 Å². The van der Waals surface area contributed by atoms with E-state index in [2.05, 4.69) is 16.8 Å². The van der Waals surface area contributed by atoms with E-state index in [0.29, 0.717) is 28.6 Å². The molecule has 1 N–H and O–H groups in total. The smallest absolute Gasteiger partial charge is 0.135 e. The predicted molar refractivity (Wildman–Crippen MR) is 137 cm³/mol. The van der Waals surface area contributed by atoms with E-state index < -0.39 is 29.2 Å². The lowest BCUT2D eigenvalue weighted by Gasteiger charge is -2.43. The third-order valence-corrected chi connectivity index (χ3v) is 7.52. The van der Waals surface area contributed by atoms with Crippen LogP contribution in [0.4, 0.5) is 17.6 Å². The third kappa shape index (κ3) is 5.10. The van der Waals surface area contributed by atoms with Crippen LogP contribution in [0, 0.1) is 17.5 Å². The number of hydrogen-bond donors (Lipinski definition) is 1. The SMILES string of the molecule is CCCCN1CC(Oc2cc(F)c([C@H]3c4[nH]c5cccc(F)c5c4C[C@H](C)N3CC(C)(C)F)c(F)c2)C1. The van der Waals surface area contributed by atoms with Crippen LogP contribution < -0.4 is 4.74 Å². The van der Waals surface area contributed by atoms with Gasteiger partial charge in [0.05, 0.1) is 6.04 Å². The highest BCUT2D eigenvalue weighted by Gasteiger charge is 2.41. The van der Waals surface area contributed by atoms with Crippen molar-refractivity contribution in [1.82, 2.24) is 14.8 Å². The first-order valence-electron chi connectivity index (χ1n) is 13.2. The van der Waals surface area contributed by atoms with Crippen LogP contribution in [-0.4, -0.2) is 58.8 Å². The van der Waals surface area contributed by atoms with E-state index in [1.165, 1.54) is 32.0 Å². The molecule has 0 aliphatic carbocycles. The summed E-state index contributed by atoms with van der Waals surface area (Å²) in [5.74, 6) is -1.77. The zero-order chi connectivity index (χ0) is 26.5. The van der Waals surface area contributed by atoms with Crippen LogP contribution in [0.2, 0.25) is 0 Å². The molecule has 0 bridgehead atoms. The minimum atomic E-state index is -1.61. The van der Waals surface area contributed by atoms with Gasteiger partial charge >= 0.3 is 0 Å². The van der Waals surface area contributed by atoms with Gasteiger partial charge in [-0.15, -0.1) is 0 Å². The fourth-order valence-corrected chi connectivity index (χ4v) is 5.80. The molecule has 3 heterocycles. The summed E-state index contributed by atoms with van der Waals surface area (Å²) in [6.45, 7) is 9.33. The molecule has 2 aliphatic heterocycles. The molecule has 200 valence electrons. The number of nitrogens with one attached hydrogen (secondary N) is 1. The molecule has 0 spiro atoms. The van der Waals surface area contributed by atoms with Crippen molar-refractivity contribution >= 4 is 10.9 Å². The Balaban J connectivity index is 1.52. The van der Waals surface area contributed by atoms with Gasteiger partial charge in [-0.3, -0.25) is 9.80 Å². The van der Waals surface area contributed by atoms with Crippen molar-refractivity contribution in [1.29, 1.82) is 0 Å². The fraction of sp³-hybridized carbons (Fsp3) is 0.517. The number of ether oxygens (including phenoxy) is 1. The van der Waals surface area contributed by atoms with Crippen molar-refractivity contribution in [3.8, 4) is 5.75 Å². The monoisotopic (exact) mass is 517 g/mol. The number of aromatic amines is 1. The van der Waals surface area contributed by atoms with E-state index in [4.69, 9.17) is 4.74 Å². The van der Waals surface area contributed by atoms with E-state index in [1.54, 1.807) is 17.0 Å². The number of aromatic nitrogens is 1. The van der Waals surface area contributed by atoms with Crippen molar-refractivity contribution < 1.29 is 22.3 Å². The van der Waals surface area contributed by atoms with E-state index in [1.807, 2.05) is 6.92 Å². The number of unbranched alkanes of at least 4 members (excludes halogenated alkanes) is 1. The Hall–Kier alpha value is -2.58. The van der Waals surface area contributed by atoms with Gasteiger partial charge in [0.25, 0.3) is 0 Å². The standard InChI is InChI=1S/C29H35F4N3O/c1-5-6-10-35-14-19(15-35)37-18-12-22(31)26(23(32)13-18)28-27-20(11-17(2)36(28)16-29(3,4)33)25-21(30)8-7-9-24(25)34-27/h7-9,12-13,17,19,28,34H,5-6,10-11,14-16H2,1-4H3/t17-,28-/m0/s1. The molecular weight excluding hydrogens is 482 g/mol. The Morgan fingerprint density at radius 2 is 1.78 bits per heavy atom. The number of H-pyrrole nitrogens is 1. The summed E-state index contributed by atoms with van der Waals surface area (Å²) in [5, 5.41) is 0.423. The summed E-state index contributed by atoms with van der Waals surface area (Å²) >= 11 is 0. The number of halogens is 4. The molecular formula is C29H35F4N3O. The first-order valence-corrected chi connectivity index (χ1v) is 13.2. The van der Waals surface area contributed by atoms with Crippen molar-refractivity contribution in [3.63, 3.8) is 0 Å². The van der Waals surface area contributed by atoms with Crippen LogP contribution in [0.25, 0.3) is 10.9 Å². The highest BCUT2D eigenvalue weighted by molar-refractivity contribution is 5.86. The molecule has 0 radical (unpaired) electrons. The average Bonchev–Trinajstić information content (AvgIpc) is 3.15. The minimum absolute atomic E-state index is 0.0388. The Morgan fingerprint density at radius 1 is 1.08 bits per heavy atom. The Bertz CT molecular complexity index is 1260. The van der Waals surface area contributed by atoms with Crippen molar-refractivity contribution in [2.75, 3.05) is 26.2 Å². The summed E-state index contributed by atoms with van der Waals surface area (Å²) < 4.78 is 67.1. The topological polar surface area (TPSA) is 31.5 Å². The molecule has 8 heteroatoms. The molecule has 0 unspecified atom stereocenters. The van der Waals surface area contributed by atoms with Crippen molar-refractivity contribution in [2.24, 2.45) is 0 Å². The zero-order valence-corrected chi connectivity index (χ0v) is 21.9. The summed E-state index contributed by atoms with van der Waals surface area (Å²) in [6.07, 6.45) is 2.55. The summed E-state index contributed by atoms with van der Waals surface area (Å²) in [7, 11) is 0. The number of likely N-dealkylation sites (tertiary alicyclic amines) is 1. The van der Waals surface area contributed by atoms with Crippen LogP contribution in [-0.2, 0) is 6.42 Å².